The zero-order chi connectivity index (χ0) is 13.8. The van der Waals surface area contributed by atoms with Gasteiger partial charge in [-0.3, -0.25) is 4.90 Å². The predicted molar refractivity (Wildman–Crippen MR) is 80.0 cm³/mol. The summed E-state index contributed by atoms with van der Waals surface area (Å²) in [5.41, 5.74) is 8.22. The highest BCUT2D eigenvalue weighted by Crippen LogP contribution is 2.30. The van der Waals surface area contributed by atoms with Crippen molar-refractivity contribution in [2.45, 2.75) is 19.9 Å². The Morgan fingerprint density at radius 1 is 1.26 bits per heavy atom. The second kappa shape index (κ2) is 6.26. The highest BCUT2D eigenvalue weighted by Gasteiger charge is 2.22. The SMILES string of the molecule is COc1ccc(C)cc1N1CCN(C(C)CN)CC1. The third kappa shape index (κ3) is 3.19. The van der Waals surface area contributed by atoms with Crippen LogP contribution in [0.15, 0.2) is 18.2 Å². The molecule has 0 saturated carbocycles. The van der Waals surface area contributed by atoms with Gasteiger partial charge < -0.3 is 15.4 Å². The van der Waals surface area contributed by atoms with Crippen LogP contribution in [0.3, 0.4) is 0 Å². The molecule has 2 N–H and O–H groups in total. The number of methoxy groups -OCH3 is 1. The molecule has 0 spiro atoms. The maximum Gasteiger partial charge on any atom is 0.142 e. The van der Waals surface area contributed by atoms with Crippen molar-refractivity contribution in [2.24, 2.45) is 5.73 Å². The van der Waals surface area contributed by atoms with Crippen molar-refractivity contribution >= 4 is 5.69 Å². The molecule has 106 valence electrons. The first-order valence-corrected chi connectivity index (χ1v) is 6.99. The topological polar surface area (TPSA) is 41.7 Å². The van der Waals surface area contributed by atoms with Gasteiger partial charge in [0.1, 0.15) is 5.75 Å². The molecule has 0 radical (unpaired) electrons. The Balaban J connectivity index is 2.07. The number of nitrogens with two attached hydrogens (primary N) is 1. The van der Waals surface area contributed by atoms with Crippen molar-refractivity contribution in [2.75, 3.05) is 44.7 Å². The van der Waals surface area contributed by atoms with Crippen LogP contribution in [0.25, 0.3) is 0 Å². The molecule has 0 aliphatic carbocycles. The summed E-state index contributed by atoms with van der Waals surface area (Å²) in [5, 5.41) is 0. The van der Waals surface area contributed by atoms with Gasteiger partial charge in [-0.1, -0.05) is 6.07 Å². The van der Waals surface area contributed by atoms with Crippen LogP contribution in [-0.2, 0) is 0 Å². The van der Waals surface area contributed by atoms with Gasteiger partial charge in [-0.25, -0.2) is 0 Å². The number of hydrogen-bond acceptors (Lipinski definition) is 4. The molecule has 1 unspecified atom stereocenters. The number of anilines is 1. The Kier molecular flexibility index (Phi) is 4.66. The summed E-state index contributed by atoms with van der Waals surface area (Å²) in [4.78, 5) is 4.87. The molecule has 1 aromatic carbocycles. The molecule has 4 nitrogen and oxygen atoms in total. The monoisotopic (exact) mass is 263 g/mol. The summed E-state index contributed by atoms with van der Waals surface area (Å²) >= 11 is 0. The quantitative estimate of drug-likeness (QED) is 0.893. The van der Waals surface area contributed by atoms with Crippen molar-refractivity contribution in [1.29, 1.82) is 0 Å². The standard InChI is InChI=1S/C15H25N3O/c1-12-4-5-15(19-3)14(10-12)18-8-6-17(7-9-18)13(2)11-16/h4-5,10,13H,6-9,11,16H2,1-3H3. The number of aryl methyl sites for hydroxylation is 1. The van der Waals surface area contributed by atoms with Gasteiger partial charge in [0.25, 0.3) is 0 Å². The Bertz CT molecular complexity index is 414. The fraction of sp³-hybridized carbons (Fsp3) is 0.600. The van der Waals surface area contributed by atoms with Crippen molar-refractivity contribution in [3.8, 4) is 5.75 Å². The van der Waals surface area contributed by atoms with Crippen molar-refractivity contribution in [3.63, 3.8) is 0 Å². The summed E-state index contributed by atoms with van der Waals surface area (Å²) in [7, 11) is 1.74. The minimum absolute atomic E-state index is 0.474. The van der Waals surface area contributed by atoms with Crippen LogP contribution in [0.5, 0.6) is 5.75 Å². The molecule has 1 saturated heterocycles. The molecular weight excluding hydrogens is 238 g/mol. The van der Waals surface area contributed by atoms with E-state index in [-0.39, 0.29) is 0 Å². The molecule has 1 aliphatic rings. The van der Waals surface area contributed by atoms with Gasteiger partial charge >= 0.3 is 0 Å². The second-order valence-corrected chi connectivity index (χ2v) is 5.28. The largest absolute Gasteiger partial charge is 0.495 e. The van der Waals surface area contributed by atoms with Crippen LogP contribution in [0.2, 0.25) is 0 Å². The zero-order valence-electron chi connectivity index (χ0n) is 12.2. The van der Waals surface area contributed by atoms with Crippen LogP contribution in [0.1, 0.15) is 12.5 Å². The van der Waals surface area contributed by atoms with Gasteiger partial charge in [0.2, 0.25) is 0 Å². The smallest absolute Gasteiger partial charge is 0.142 e. The Morgan fingerprint density at radius 2 is 1.95 bits per heavy atom. The fourth-order valence-electron chi connectivity index (χ4n) is 2.60. The van der Waals surface area contributed by atoms with Gasteiger partial charge in [0.05, 0.1) is 12.8 Å². The normalized spacial score (nSPS) is 18.4. The molecular formula is C15H25N3O. The lowest BCUT2D eigenvalue weighted by molar-refractivity contribution is 0.201. The average Bonchev–Trinajstić information content (AvgIpc) is 2.46. The Morgan fingerprint density at radius 3 is 2.53 bits per heavy atom. The van der Waals surface area contributed by atoms with E-state index < -0.39 is 0 Å². The van der Waals surface area contributed by atoms with Gasteiger partial charge in [0, 0.05) is 38.8 Å². The first-order valence-electron chi connectivity index (χ1n) is 6.99. The maximum atomic E-state index is 5.74. The van der Waals surface area contributed by atoms with E-state index in [1.54, 1.807) is 7.11 Å². The van der Waals surface area contributed by atoms with E-state index in [0.717, 1.165) is 38.5 Å². The minimum atomic E-state index is 0.474. The van der Waals surface area contributed by atoms with Gasteiger partial charge in [-0.2, -0.15) is 0 Å². The van der Waals surface area contributed by atoms with Crippen LogP contribution < -0.4 is 15.4 Å². The third-order valence-electron chi connectivity index (χ3n) is 3.95. The highest BCUT2D eigenvalue weighted by atomic mass is 16.5. The molecule has 1 aliphatic heterocycles. The van der Waals surface area contributed by atoms with Gasteiger partial charge in [0.15, 0.2) is 0 Å². The van der Waals surface area contributed by atoms with E-state index in [9.17, 15) is 0 Å². The molecule has 0 bridgehead atoms. The lowest BCUT2D eigenvalue weighted by Crippen LogP contribution is -2.51. The molecule has 19 heavy (non-hydrogen) atoms. The Labute approximate surface area is 116 Å². The number of benzene rings is 1. The zero-order valence-corrected chi connectivity index (χ0v) is 12.2. The molecule has 1 fully saturated rings. The van der Waals surface area contributed by atoms with E-state index in [1.807, 2.05) is 0 Å². The number of nitrogens with zero attached hydrogens (tertiary/aromatic N) is 2. The van der Waals surface area contributed by atoms with Crippen LogP contribution >= 0.6 is 0 Å². The lowest BCUT2D eigenvalue weighted by Gasteiger charge is -2.39. The molecule has 1 atom stereocenters. The van der Waals surface area contributed by atoms with Crippen molar-refractivity contribution in [3.05, 3.63) is 23.8 Å². The van der Waals surface area contributed by atoms with Crippen LogP contribution in [0, 0.1) is 6.92 Å². The molecule has 2 rings (SSSR count). The van der Waals surface area contributed by atoms with Crippen LogP contribution in [-0.4, -0.2) is 50.8 Å². The summed E-state index contributed by atoms with van der Waals surface area (Å²) < 4.78 is 5.47. The third-order valence-corrected chi connectivity index (χ3v) is 3.95. The van der Waals surface area contributed by atoms with Crippen molar-refractivity contribution in [1.82, 2.24) is 4.90 Å². The summed E-state index contributed by atoms with van der Waals surface area (Å²) in [6, 6.07) is 6.83. The number of piperazine rings is 1. The van der Waals surface area contributed by atoms with E-state index in [2.05, 4.69) is 41.8 Å². The number of rotatable bonds is 4. The minimum Gasteiger partial charge on any atom is -0.495 e. The number of hydrogen-bond donors (Lipinski definition) is 1. The molecule has 0 aromatic heterocycles. The summed E-state index contributed by atoms with van der Waals surface area (Å²) in [5.74, 6) is 0.964. The second-order valence-electron chi connectivity index (χ2n) is 5.28. The fourth-order valence-corrected chi connectivity index (χ4v) is 2.60. The highest BCUT2D eigenvalue weighted by molar-refractivity contribution is 5.60. The lowest BCUT2D eigenvalue weighted by atomic mass is 10.1. The molecule has 4 heteroatoms. The van der Waals surface area contributed by atoms with Gasteiger partial charge in [-0.15, -0.1) is 0 Å². The van der Waals surface area contributed by atoms with Gasteiger partial charge in [-0.05, 0) is 31.5 Å². The summed E-state index contributed by atoms with van der Waals surface area (Å²) in [6.07, 6.45) is 0. The van der Waals surface area contributed by atoms with E-state index in [4.69, 9.17) is 10.5 Å². The molecule has 1 heterocycles. The summed E-state index contributed by atoms with van der Waals surface area (Å²) in [6.45, 7) is 9.24. The van der Waals surface area contributed by atoms with E-state index in [0.29, 0.717) is 6.04 Å². The van der Waals surface area contributed by atoms with E-state index >= 15 is 0 Å². The van der Waals surface area contributed by atoms with E-state index in [1.165, 1.54) is 11.3 Å². The Hall–Kier alpha value is -1.26. The van der Waals surface area contributed by atoms with Crippen molar-refractivity contribution < 1.29 is 4.74 Å². The average molecular weight is 263 g/mol. The predicted octanol–water partition coefficient (Wildman–Crippen LogP) is 1.47. The van der Waals surface area contributed by atoms with Crippen LogP contribution in [0.4, 0.5) is 5.69 Å². The first kappa shape index (κ1) is 14.2. The maximum absolute atomic E-state index is 5.74. The first-order chi connectivity index (χ1) is 9.15. The number of ether oxygens (including phenoxy) is 1. The molecule has 0 amide bonds. The molecule has 1 aromatic rings.